The maximum Gasteiger partial charge on any atom is 0.246 e. The van der Waals surface area contributed by atoms with Crippen molar-refractivity contribution < 1.29 is 9.32 Å². The molecule has 5 nitrogen and oxygen atoms in total. The Morgan fingerprint density at radius 2 is 1.84 bits per heavy atom. The quantitative estimate of drug-likeness (QED) is 0.663. The second-order valence-corrected chi connectivity index (χ2v) is 6.24. The van der Waals surface area contributed by atoms with E-state index in [1.54, 1.807) is 13.0 Å². The van der Waals surface area contributed by atoms with Gasteiger partial charge in [-0.05, 0) is 30.5 Å². The number of benzene rings is 2. The van der Waals surface area contributed by atoms with Crippen molar-refractivity contribution in [1.29, 1.82) is 0 Å². The van der Waals surface area contributed by atoms with E-state index < -0.39 is 0 Å². The summed E-state index contributed by atoms with van der Waals surface area (Å²) in [5.41, 5.74) is 3.60. The Balaban J connectivity index is 1.71. The van der Waals surface area contributed by atoms with E-state index in [-0.39, 0.29) is 5.78 Å². The van der Waals surface area contributed by atoms with Crippen LogP contribution in [0.1, 0.15) is 48.5 Å². The molecule has 0 amide bonds. The zero-order valence-corrected chi connectivity index (χ0v) is 14.6. The SMILES string of the molecule is CC(=O)c1ccccc1NCc1nc(-c2ccc(C(C)C)cc2)no1. The molecule has 0 unspecified atom stereocenters. The molecule has 128 valence electrons. The summed E-state index contributed by atoms with van der Waals surface area (Å²) < 4.78 is 5.31. The molecule has 0 saturated carbocycles. The van der Waals surface area contributed by atoms with Gasteiger partial charge in [0.1, 0.15) is 0 Å². The van der Waals surface area contributed by atoms with Crippen molar-refractivity contribution in [2.24, 2.45) is 0 Å². The van der Waals surface area contributed by atoms with E-state index in [0.717, 1.165) is 11.3 Å². The molecule has 0 aliphatic carbocycles. The lowest BCUT2D eigenvalue weighted by Gasteiger charge is -2.07. The fraction of sp³-hybridized carbons (Fsp3) is 0.250. The van der Waals surface area contributed by atoms with Gasteiger partial charge in [-0.15, -0.1) is 0 Å². The van der Waals surface area contributed by atoms with Crippen LogP contribution in [0.3, 0.4) is 0 Å². The molecule has 1 aromatic heterocycles. The topological polar surface area (TPSA) is 68.0 Å². The second-order valence-electron chi connectivity index (χ2n) is 6.24. The van der Waals surface area contributed by atoms with Gasteiger partial charge in [-0.1, -0.05) is 55.4 Å². The first-order chi connectivity index (χ1) is 12.0. The van der Waals surface area contributed by atoms with Gasteiger partial charge in [0.15, 0.2) is 5.78 Å². The molecular formula is C20H21N3O2. The van der Waals surface area contributed by atoms with Crippen LogP contribution in [0.25, 0.3) is 11.4 Å². The maximum atomic E-state index is 11.7. The highest BCUT2D eigenvalue weighted by molar-refractivity contribution is 5.99. The lowest BCUT2D eigenvalue weighted by atomic mass is 10.0. The molecule has 0 bridgehead atoms. The Labute approximate surface area is 147 Å². The lowest BCUT2D eigenvalue weighted by Crippen LogP contribution is -2.05. The van der Waals surface area contributed by atoms with Crippen LogP contribution in [0.2, 0.25) is 0 Å². The number of anilines is 1. The summed E-state index contributed by atoms with van der Waals surface area (Å²) in [6, 6.07) is 15.5. The van der Waals surface area contributed by atoms with E-state index in [1.165, 1.54) is 5.56 Å². The largest absolute Gasteiger partial charge is 0.376 e. The number of ketones is 1. The van der Waals surface area contributed by atoms with E-state index in [9.17, 15) is 4.79 Å². The number of carbonyl (C=O) groups is 1. The van der Waals surface area contributed by atoms with Crippen molar-refractivity contribution in [2.45, 2.75) is 33.2 Å². The molecular weight excluding hydrogens is 314 g/mol. The van der Waals surface area contributed by atoms with Crippen LogP contribution in [0.4, 0.5) is 5.69 Å². The van der Waals surface area contributed by atoms with Gasteiger partial charge in [-0.2, -0.15) is 4.98 Å². The summed E-state index contributed by atoms with van der Waals surface area (Å²) in [6.45, 7) is 6.23. The number of rotatable bonds is 6. The second kappa shape index (κ2) is 7.30. The Morgan fingerprint density at radius 3 is 2.52 bits per heavy atom. The van der Waals surface area contributed by atoms with Gasteiger partial charge < -0.3 is 9.84 Å². The average molecular weight is 335 g/mol. The first-order valence-electron chi connectivity index (χ1n) is 8.31. The Morgan fingerprint density at radius 1 is 1.12 bits per heavy atom. The molecule has 25 heavy (non-hydrogen) atoms. The maximum absolute atomic E-state index is 11.7. The van der Waals surface area contributed by atoms with Crippen molar-refractivity contribution in [1.82, 2.24) is 10.1 Å². The lowest BCUT2D eigenvalue weighted by molar-refractivity contribution is 0.101. The van der Waals surface area contributed by atoms with Crippen LogP contribution in [0.15, 0.2) is 53.1 Å². The van der Waals surface area contributed by atoms with Gasteiger partial charge in [-0.25, -0.2) is 0 Å². The van der Waals surface area contributed by atoms with Gasteiger partial charge in [0.25, 0.3) is 0 Å². The van der Waals surface area contributed by atoms with Crippen LogP contribution in [-0.4, -0.2) is 15.9 Å². The van der Waals surface area contributed by atoms with Crippen LogP contribution >= 0.6 is 0 Å². The number of carbonyl (C=O) groups excluding carboxylic acids is 1. The summed E-state index contributed by atoms with van der Waals surface area (Å²) in [4.78, 5) is 16.1. The monoisotopic (exact) mass is 335 g/mol. The number of para-hydroxylation sites is 1. The van der Waals surface area contributed by atoms with Gasteiger partial charge in [0, 0.05) is 16.8 Å². The molecule has 0 atom stereocenters. The van der Waals surface area contributed by atoms with Crippen molar-refractivity contribution in [3.63, 3.8) is 0 Å². The first-order valence-corrected chi connectivity index (χ1v) is 8.31. The molecule has 3 aromatic rings. The predicted molar refractivity (Wildman–Crippen MR) is 97.6 cm³/mol. The third-order valence-corrected chi connectivity index (χ3v) is 4.04. The Bertz CT molecular complexity index is 867. The molecule has 0 radical (unpaired) electrons. The van der Waals surface area contributed by atoms with E-state index in [2.05, 4.69) is 41.4 Å². The van der Waals surface area contributed by atoms with Gasteiger partial charge >= 0.3 is 0 Å². The summed E-state index contributed by atoms with van der Waals surface area (Å²) >= 11 is 0. The highest BCUT2D eigenvalue weighted by Gasteiger charge is 2.11. The molecule has 0 fully saturated rings. The molecule has 0 aliphatic rings. The van der Waals surface area contributed by atoms with Crippen molar-refractivity contribution in [2.75, 3.05) is 5.32 Å². The highest BCUT2D eigenvalue weighted by atomic mass is 16.5. The summed E-state index contributed by atoms with van der Waals surface area (Å²) in [6.07, 6.45) is 0. The van der Waals surface area contributed by atoms with Crippen LogP contribution < -0.4 is 5.32 Å². The fourth-order valence-corrected chi connectivity index (χ4v) is 2.58. The Hall–Kier alpha value is -2.95. The Kier molecular flexibility index (Phi) is 4.93. The van der Waals surface area contributed by atoms with Gasteiger partial charge in [-0.3, -0.25) is 4.79 Å². The first kappa shape index (κ1) is 16.9. The standard InChI is InChI=1S/C20H21N3O2/c1-13(2)15-8-10-16(11-9-15)20-22-19(25-23-20)12-21-18-7-5-4-6-17(18)14(3)24/h4-11,13,21H,12H2,1-3H3. The van der Waals surface area contributed by atoms with Gasteiger partial charge in [0.05, 0.1) is 6.54 Å². The molecule has 1 heterocycles. The van der Waals surface area contributed by atoms with Gasteiger partial charge in [0.2, 0.25) is 11.7 Å². The zero-order valence-electron chi connectivity index (χ0n) is 14.6. The zero-order chi connectivity index (χ0) is 17.8. The number of hydrogen-bond acceptors (Lipinski definition) is 5. The minimum Gasteiger partial charge on any atom is -0.376 e. The molecule has 0 saturated heterocycles. The van der Waals surface area contributed by atoms with E-state index >= 15 is 0 Å². The van der Waals surface area contributed by atoms with Crippen LogP contribution in [0.5, 0.6) is 0 Å². The minimum atomic E-state index is 0.0135. The van der Waals surface area contributed by atoms with Crippen molar-refractivity contribution in [3.8, 4) is 11.4 Å². The molecule has 1 N–H and O–H groups in total. The number of nitrogens with zero attached hydrogens (tertiary/aromatic N) is 2. The summed E-state index contributed by atoms with van der Waals surface area (Å²) in [5, 5.41) is 7.22. The predicted octanol–water partition coefficient (Wildman–Crippen LogP) is 4.67. The minimum absolute atomic E-state index is 0.0135. The van der Waals surface area contributed by atoms with Crippen LogP contribution in [0, 0.1) is 0 Å². The number of aromatic nitrogens is 2. The number of hydrogen-bond donors (Lipinski definition) is 1. The number of Topliss-reactive ketones (excluding diaryl/α,β-unsaturated/α-hetero) is 1. The molecule has 0 aliphatic heterocycles. The molecule has 2 aromatic carbocycles. The third-order valence-electron chi connectivity index (χ3n) is 4.04. The summed E-state index contributed by atoms with van der Waals surface area (Å²) in [7, 11) is 0. The van der Waals surface area contributed by atoms with Crippen molar-refractivity contribution in [3.05, 3.63) is 65.5 Å². The van der Waals surface area contributed by atoms with E-state index in [0.29, 0.717) is 29.7 Å². The highest BCUT2D eigenvalue weighted by Crippen LogP contribution is 2.21. The smallest absolute Gasteiger partial charge is 0.246 e. The molecule has 0 spiro atoms. The fourth-order valence-electron chi connectivity index (χ4n) is 2.58. The average Bonchev–Trinajstić information content (AvgIpc) is 3.09. The van der Waals surface area contributed by atoms with Crippen LogP contribution in [-0.2, 0) is 6.54 Å². The normalized spacial score (nSPS) is 10.9. The molecule has 5 heteroatoms. The molecule has 3 rings (SSSR count). The van der Waals surface area contributed by atoms with Crippen molar-refractivity contribution >= 4 is 11.5 Å². The number of nitrogens with one attached hydrogen (secondary N) is 1. The van der Waals surface area contributed by atoms with E-state index in [1.807, 2.05) is 30.3 Å². The van der Waals surface area contributed by atoms with E-state index in [4.69, 9.17) is 4.52 Å². The third kappa shape index (κ3) is 3.94. The summed E-state index contributed by atoms with van der Waals surface area (Å²) in [5.74, 6) is 1.54.